The number of halogens is 2. The number of benzene rings is 2. The molecule has 184 valence electrons. The van der Waals surface area contributed by atoms with Crippen LogP contribution in [0.1, 0.15) is 28.6 Å². The number of aryl methyl sites for hydroxylation is 2. The first-order chi connectivity index (χ1) is 17.2. The molecule has 9 nitrogen and oxygen atoms in total. The molecular formula is C25H21Cl2N5O4. The molecule has 1 amide bonds. The summed E-state index contributed by atoms with van der Waals surface area (Å²) in [4.78, 5) is 27.6. The summed E-state index contributed by atoms with van der Waals surface area (Å²) < 4.78 is 7.71. The second-order valence-electron chi connectivity index (χ2n) is 9.46. The normalized spacial score (nSPS) is 27.1. The number of carboxylic acid groups (broad SMARTS) is 1. The average Bonchev–Trinajstić information content (AvgIpc) is 3.57. The predicted octanol–water partition coefficient (Wildman–Crippen LogP) is 3.54. The second kappa shape index (κ2) is 8.12. The number of para-hydroxylation sites is 1. The fourth-order valence-corrected chi connectivity index (χ4v) is 6.37. The third kappa shape index (κ3) is 3.23. The van der Waals surface area contributed by atoms with Gasteiger partial charge in [-0.05, 0) is 47.5 Å². The van der Waals surface area contributed by atoms with E-state index in [2.05, 4.69) is 15.5 Å². The van der Waals surface area contributed by atoms with E-state index < -0.39 is 35.6 Å². The summed E-state index contributed by atoms with van der Waals surface area (Å²) in [6, 6.07) is 10.1. The Bertz CT molecular complexity index is 1440. The summed E-state index contributed by atoms with van der Waals surface area (Å²) in [6.07, 6.45) is 2.92. The van der Waals surface area contributed by atoms with Crippen LogP contribution in [0.15, 0.2) is 48.6 Å². The van der Waals surface area contributed by atoms with E-state index in [1.165, 1.54) is 0 Å². The molecule has 0 radical (unpaired) electrons. The average molecular weight is 526 g/mol. The molecule has 0 unspecified atom stereocenters. The number of amides is 1. The van der Waals surface area contributed by atoms with E-state index >= 15 is 0 Å². The number of likely N-dealkylation sites (tertiary alicyclic amines) is 1. The van der Waals surface area contributed by atoms with Gasteiger partial charge in [-0.1, -0.05) is 59.6 Å². The van der Waals surface area contributed by atoms with Crippen molar-refractivity contribution in [3.8, 4) is 5.69 Å². The third-order valence-electron chi connectivity index (χ3n) is 7.37. The Morgan fingerprint density at radius 3 is 2.67 bits per heavy atom. The molecule has 3 aliphatic heterocycles. The quantitative estimate of drug-likeness (QED) is 0.507. The number of tetrazole rings is 1. The van der Waals surface area contributed by atoms with Gasteiger partial charge < -0.3 is 14.7 Å². The van der Waals surface area contributed by atoms with Gasteiger partial charge in [-0.15, -0.1) is 5.10 Å². The molecule has 1 spiro atoms. The third-order valence-corrected chi connectivity index (χ3v) is 7.94. The molecule has 6 rings (SSSR count). The Kier molecular flexibility index (Phi) is 5.22. The number of nitrogens with zero attached hydrogens (tertiary/aromatic N) is 5. The smallest absolute Gasteiger partial charge is 0.310 e. The molecule has 3 aliphatic rings. The number of ether oxygens (including phenoxy) is 1. The van der Waals surface area contributed by atoms with Gasteiger partial charge in [-0.25, -0.2) is 0 Å². The highest BCUT2D eigenvalue weighted by atomic mass is 35.5. The molecule has 2 saturated heterocycles. The van der Waals surface area contributed by atoms with Gasteiger partial charge >= 0.3 is 5.97 Å². The van der Waals surface area contributed by atoms with Crippen LogP contribution in [-0.2, 0) is 14.3 Å². The van der Waals surface area contributed by atoms with E-state index in [0.717, 1.165) is 16.8 Å². The summed E-state index contributed by atoms with van der Waals surface area (Å²) in [5, 5.41) is 23.2. The molecule has 2 aromatic carbocycles. The van der Waals surface area contributed by atoms with E-state index in [0.29, 0.717) is 21.4 Å². The summed E-state index contributed by atoms with van der Waals surface area (Å²) in [5.41, 5.74) is 2.22. The number of fused-ring (bicyclic) bond motifs is 1. The number of aliphatic carboxylic acids is 1. The Morgan fingerprint density at radius 1 is 1.22 bits per heavy atom. The minimum atomic E-state index is -1.06. The van der Waals surface area contributed by atoms with Gasteiger partial charge in [0.05, 0.1) is 24.3 Å². The minimum Gasteiger partial charge on any atom is -0.481 e. The van der Waals surface area contributed by atoms with Crippen molar-refractivity contribution in [1.82, 2.24) is 25.1 Å². The van der Waals surface area contributed by atoms with Crippen LogP contribution >= 0.6 is 23.2 Å². The monoisotopic (exact) mass is 525 g/mol. The second-order valence-corrected chi connectivity index (χ2v) is 10.3. The number of carboxylic acids is 1. The van der Waals surface area contributed by atoms with E-state index in [1.54, 1.807) is 33.9 Å². The van der Waals surface area contributed by atoms with Gasteiger partial charge in [0.1, 0.15) is 17.6 Å². The van der Waals surface area contributed by atoms with Crippen molar-refractivity contribution in [3.63, 3.8) is 0 Å². The SMILES string of the molecule is Cc1cccc(C)c1-n1nnnc1[C@@H](c1ccc(Cl)cc1Cl)N1C[C@@]23C=C[C@@H](O2)[C@@H](C(=O)O)[C@H]3C1=O. The van der Waals surface area contributed by atoms with Gasteiger partial charge in [0, 0.05) is 15.6 Å². The van der Waals surface area contributed by atoms with Crippen LogP contribution in [0.4, 0.5) is 0 Å². The number of rotatable bonds is 5. The predicted molar refractivity (Wildman–Crippen MR) is 130 cm³/mol. The van der Waals surface area contributed by atoms with Crippen LogP contribution in [0.3, 0.4) is 0 Å². The van der Waals surface area contributed by atoms with Crippen molar-refractivity contribution in [1.29, 1.82) is 0 Å². The molecule has 1 aromatic heterocycles. The van der Waals surface area contributed by atoms with Crippen LogP contribution in [0, 0.1) is 25.7 Å². The number of carbonyl (C=O) groups is 2. The van der Waals surface area contributed by atoms with Crippen molar-refractivity contribution in [2.24, 2.45) is 11.8 Å². The van der Waals surface area contributed by atoms with Crippen molar-refractivity contribution in [2.75, 3.05) is 6.54 Å². The fourth-order valence-electron chi connectivity index (χ4n) is 5.86. The molecule has 5 atom stereocenters. The zero-order valence-electron chi connectivity index (χ0n) is 19.3. The van der Waals surface area contributed by atoms with E-state index in [-0.39, 0.29) is 12.5 Å². The number of hydrogen-bond donors (Lipinski definition) is 1. The van der Waals surface area contributed by atoms with E-state index in [4.69, 9.17) is 27.9 Å². The first-order valence-corrected chi connectivity index (χ1v) is 12.2. The van der Waals surface area contributed by atoms with Crippen molar-refractivity contribution in [2.45, 2.75) is 31.6 Å². The van der Waals surface area contributed by atoms with Crippen LogP contribution in [-0.4, -0.2) is 60.3 Å². The van der Waals surface area contributed by atoms with Crippen LogP contribution in [0.5, 0.6) is 0 Å². The topological polar surface area (TPSA) is 110 Å². The minimum absolute atomic E-state index is 0.135. The highest BCUT2D eigenvalue weighted by molar-refractivity contribution is 6.35. The molecule has 36 heavy (non-hydrogen) atoms. The lowest BCUT2D eigenvalue weighted by atomic mass is 9.77. The zero-order chi connectivity index (χ0) is 25.4. The van der Waals surface area contributed by atoms with Crippen LogP contribution < -0.4 is 0 Å². The standard InChI is InChI=1S/C25H21Cl2N5O4/c1-12-4-3-5-13(2)20(12)32-22(28-29-30-32)21(15-7-6-14(26)10-16(15)27)31-11-25-9-8-17(36-25)18(24(34)35)19(25)23(31)33/h3-10,17-19,21H,11H2,1-2H3,(H,34,35)/t17-,18-,19+,21-,25-/m1/s1. The van der Waals surface area contributed by atoms with Crippen LogP contribution in [0.2, 0.25) is 10.0 Å². The Labute approximate surface area is 216 Å². The summed E-state index contributed by atoms with van der Waals surface area (Å²) in [6.45, 7) is 4.05. The van der Waals surface area contributed by atoms with Crippen molar-refractivity contribution >= 4 is 35.1 Å². The number of carbonyl (C=O) groups excluding carboxylic acids is 1. The summed E-state index contributed by atoms with van der Waals surface area (Å²) >= 11 is 12.8. The molecule has 2 fully saturated rings. The van der Waals surface area contributed by atoms with Gasteiger partial charge in [0.2, 0.25) is 5.91 Å². The van der Waals surface area contributed by atoms with Crippen LogP contribution in [0.25, 0.3) is 5.69 Å². The molecule has 11 heteroatoms. The van der Waals surface area contributed by atoms with E-state index in [1.807, 2.05) is 38.1 Å². The zero-order valence-corrected chi connectivity index (χ0v) is 20.8. The highest BCUT2D eigenvalue weighted by Gasteiger charge is 2.68. The molecule has 2 bridgehead atoms. The van der Waals surface area contributed by atoms with Crippen molar-refractivity contribution in [3.05, 3.63) is 81.1 Å². The molecular weight excluding hydrogens is 505 g/mol. The lowest BCUT2D eigenvalue weighted by Gasteiger charge is -2.30. The Balaban J connectivity index is 1.53. The van der Waals surface area contributed by atoms with Gasteiger partial charge in [0.15, 0.2) is 5.82 Å². The first-order valence-electron chi connectivity index (χ1n) is 11.4. The lowest BCUT2D eigenvalue weighted by Crippen LogP contribution is -2.39. The maximum absolute atomic E-state index is 14.0. The number of aromatic nitrogens is 4. The number of hydrogen-bond acceptors (Lipinski definition) is 6. The molecule has 1 N–H and O–H groups in total. The Hall–Kier alpha value is -3.27. The van der Waals surface area contributed by atoms with Crippen molar-refractivity contribution < 1.29 is 19.4 Å². The molecule has 3 aromatic rings. The van der Waals surface area contributed by atoms with Gasteiger partial charge in [-0.2, -0.15) is 4.68 Å². The fraction of sp³-hybridized carbons (Fsp3) is 0.320. The van der Waals surface area contributed by atoms with Gasteiger partial charge in [-0.3, -0.25) is 9.59 Å². The maximum Gasteiger partial charge on any atom is 0.310 e. The molecule has 0 aliphatic carbocycles. The maximum atomic E-state index is 14.0. The Morgan fingerprint density at radius 2 is 1.97 bits per heavy atom. The summed E-state index contributed by atoms with van der Waals surface area (Å²) in [5.74, 6) is -2.87. The highest BCUT2D eigenvalue weighted by Crippen LogP contribution is 2.54. The first kappa shape index (κ1) is 23.1. The lowest BCUT2D eigenvalue weighted by molar-refractivity contribution is -0.148. The molecule has 4 heterocycles. The van der Waals surface area contributed by atoms with E-state index in [9.17, 15) is 14.7 Å². The largest absolute Gasteiger partial charge is 0.481 e. The van der Waals surface area contributed by atoms with Gasteiger partial charge in [0.25, 0.3) is 0 Å². The summed E-state index contributed by atoms with van der Waals surface area (Å²) in [7, 11) is 0. The molecule has 0 saturated carbocycles.